The predicted octanol–water partition coefficient (Wildman–Crippen LogP) is 6.01. The number of aryl methyl sites for hydroxylation is 1. The standard InChI is InChI=1S/C32H27N5O3/c1-20-8-10-22(11-9-20)31-26-6-4-5-7-27(26)32-34-28-18-23(12-17-29(28)37(32)35-31)33-30(39)19-36(21(2)38)24-13-15-25(40-3)16-14-24/h4-18H,19H2,1-3H3,(H,33,39). The van der Waals surface area contributed by atoms with Crippen LogP contribution in [0.25, 0.3) is 38.7 Å². The average Bonchev–Trinajstić information content (AvgIpc) is 3.34. The van der Waals surface area contributed by atoms with Crippen molar-refractivity contribution >= 4 is 50.6 Å². The maximum Gasteiger partial charge on any atom is 0.244 e. The quantitative estimate of drug-likeness (QED) is 0.285. The van der Waals surface area contributed by atoms with Gasteiger partial charge in [0.1, 0.15) is 12.3 Å². The van der Waals surface area contributed by atoms with Gasteiger partial charge < -0.3 is 15.0 Å². The van der Waals surface area contributed by atoms with Crippen molar-refractivity contribution in [2.75, 3.05) is 23.9 Å². The van der Waals surface area contributed by atoms with Gasteiger partial charge in [0.05, 0.1) is 23.8 Å². The molecule has 0 saturated carbocycles. The summed E-state index contributed by atoms with van der Waals surface area (Å²) in [6.07, 6.45) is 0. The molecule has 0 aliphatic carbocycles. The number of anilines is 2. The van der Waals surface area contributed by atoms with Crippen LogP contribution in [0, 0.1) is 6.92 Å². The molecule has 1 N–H and O–H groups in total. The Kier molecular flexibility index (Phi) is 6.36. The van der Waals surface area contributed by atoms with E-state index in [4.69, 9.17) is 14.8 Å². The molecule has 4 aromatic carbocycles. The smallest absolute Gasteiger partial charge is 0.244 e. The van der Waals surface area contributed by atoms with Crippen LogP contribution < -0.4 is 15.0 Å². The summed E-state index contributed by atoms with van der Waals surface area (Å²) in [6.45, 7) is 3.37. The molecule has 2 heterocycles. The maximum absolute atomic E-state index is 13.0. The topological polar surface area (TPSA) is 88.8 Å². The average molecular weight is 530 g/mol. The molecule has 0 radical (unpaired) electrons. The van der Waals surface area contributed by atoms with Crippen molar-refractivity contribution in [2.45, 2.75) is 13.8 Å². The highest BCUT2D eigenvalue weighted by molar-refractivity contribution is 6.05. The highest BCUT2D eigenvalue weighted by Crippen LogP contribution is 2.31. The molecule has 8 nitrogen and oxygen atoms in total. The molecule has 0 aliphatic heterocycles. The van der Waals surface area contributed by atoms with Crippen LogP contribution in [0.2, 0.25) is 0 Å². The number of fused-ring (bicyclic) bond motifs is 5. The van der Waals surface area contributed by atoms with E-state index in [1.54, 1.807) is 31.4 Å². The van der Waals surface area contributed by atoms with E-state index in [0.717, 1.165) is 33.2 Å². The van der Waals surface area contributed by atoms with E-state index in [0.29, 0.717) is 22.6 Å². The first-order chi connectivity index (χ1) is 19.4. The monoisotopic (exact) mass is 529 g/mol. The number of carbonyl (C=O) groups is 2. The predicted molar refractivity (Wildman–Crippen MR) is 158 cm³/mol. The van der Waals surface area contributed by atoms with Gasteiger partial charge in [0.2, 0.25) is 11.8 Å². The summed E-state index contributed by atoms with van der Waals surface area (Å²) in [6, 6.07) is 29.0. The Balaban J connectivity index is 1.33. The lowest BCUT2D eigenvalue weighted by Gasteiger charge is -2.21. The minimum Gasteiger partial charge on any atom is -0.497 e. The molecule has 8 heteroatoms. The van der Waals surface area contributed by atoms with Crippen molar-refractivity contribution in [3.63, 3.8) is 0 Å². The van der Waals surface area contributed by atoms with Crippen LogP contribution in [-0.2, 0) is 9.59 Å². The van der Waals surface area contributed by atoms with Gasteiger partial charge in [0.25, 0.3) is 0 Å². The van der Waals surface area contributed by atoms with Gasteiger partial charge in [0.15, 0.2) is 5.65 Å². The fourth-order valence-corrected chi connectivity index (χ4v) is 4.87. The van der Waals surface area contributed by atoms with Crippen LogP contribution in [0.5, 0.6) is 5.75 Å². The van der Waals surface area contributed by atoms with Gasteiger partial charge in [-0.05, 0) is 49.4 Å². The normalized spacial score (nSPS) is 11.2. The number of carbonyl (C=O) groups excluding carboxylic acids is 2. The third-order valence-corrected chi connectivity index (χ3v) is 6.93. The maximum atomic E-state index is 13.0. The zero-order valence-electron chi connectivity index (χ0n) is 22.4. The zero-order valence-corrected chi connectivity index (χ0v) is 22.4. The molecule has 0 unspecified atom stereocenters. The first-order valence-electron chi connectivity index (χ1n) is 12.9. The number of hydrogen-bond acceptors (Lipinski definition) is 5. The number of methoxy groups -OCH3 is 1. The molecule has 198 valence electrons. The summed E-state index contributed by atoms with van der Waals surface area (Å²) in [4.78, 5) is 31.6. The van der Waals surface area contributed by atoms with Crippen LogP contribution >= 0.6 is 0 Å². The molecule has 40 heavy (non-hydrogen) atoms. The highest BCUT2D eigenvalue weighted by atomic mass is 16.5. The van der Waals surface area contributed by atoms with E-state index in [-0.39, 0.29) is 18.4 Å². The van der Waals surface area contributed by atoms with Gasteiger partial charge in [0, 0.05) is 34.6 Å². The number of hydrogen-bond donors (Lipinski definition) is 1. The fourth-order valence-electron chi connectivity index (χ4n) is 4.87. The molecular weight excluding hydrogens is 502 g/mol. The minimum absolute atomic E-state index is 0.128. The van der Waals surface area contributed by atoms with Gasteiger partial charge in [-0.2, -0.15) is 5.10 Å². The van der Waals surface area contributed by atoms with Crippen molar-refractivity contribution < 1.29 is 14.3 Å². The Morgan fingerprint density at radius 2 is 1.65 bits per heavy atom. The fraction of sp³-hybridized carbons (Fsp3) is 0.125. The van der Waals surface area contributed by atoms with Crippen LogP contribution in [0.15, 0.2) is 91.0 Å². The zero-order chi connectivity index (χ0) is 27.8. The third kappa shape index (κ3) is 4.60. The number of amides is 2. The molecule has 6 rings (SSSR count). The number of rotatable bonds is 6. The molecule has 2 aromatic heterocycles. The molecule has 0 spiro atoms. The molecule has 0 fully saturated rings. The Labute approximate surface area is 230 Å². The number of aromatic nitrogens is 3. The first kappa shape index (κ1) is 25.1. The largest absolute Gasteiger partial charge is 0.497 e. The molecule has 0 bridgehead atoms. The summed E-state index contributed by atoms with van der Waals surface area (Å²) in [5, 5.41) is 9.92. The molecule has 6 aromatic rings. The van der Waals surface area contributed by atoms with E-state index >= 15 is 0 Å². The van der Waals surface area contributed by atoms with Gasteiger partial charge in [-0.25, -0.2) is 9.50 Å². The van der Waals surface area contributed by atoms with Crippen molar-refractivity contribution in [1.29, 1.82) is 0 Å². The minimum atomic E-state index is -0.320. The van der Waals surface area contributed by atoms with Crippen LogP contribution in [-0.4, -0.2) is 40.1 Å². The lowest BCUT2D eigenvalue weighted by molar-refractivity contribution is -0.120. The number of nitrogens with one attached hydrogen (secondary N) is 1. The van der Waals surface area contributed by atoms with E-state index in [1.807, 2.05) is 40.9 Å². The Bertz CT molecular complexity index is 1890. The number of nitrogens with zero attached hydrogens (tertiary/aromatic N) is 4. The molecule has 0 atom stereocenters. The van der Waals surface area contributed by atoms with E-state index in [1.165, 1.54) is 17.4 Å². The van der Waals surface area contributed by atoms with Gasteiger partial charge >= 0.3 is 0 Å². The Morgan fingerprint density at radius 3 is 2.35 bits per heavy atom. The van der Waals surface area contributed by atoms with E-state index in [9.17, 15) is 9.59 Å². The first-order valence-corrected chi connectivity index (χ1v) is 12.9. The molecule has 0 saturated heterocycles. The Morgan fingerprint density at radius 1 is 0.925 bits per heavy atom. The van der Waals surface area contributed by atoms with E-state index < -0.39 is 0 Å². The SMILES string of the molecule is COc1ccc(N(CC(=O)Nc2ccc3c(c2)nc2c4ccccc4c(-c4ccc(C)cc4)nn32)C(C)=O)cc1. The van der Waals surface area contributed by atoms with Crippen molar-refractivity contribution in [3.05, 3.63) is 96.6 Å². The molecular formula is C32H27N5O3. The van der Waals surface area contributed by atoms with Crippen LogP contribution in [0.1, 0.15) is 12.5 Å². The van der Waals surface area contributed by atoms with Gasteiger partial charge in [-0.1, -0.05) is 54.1 Å². The summed E-state index contributed by atoms with van der Waals surface area (Å²) in [7, 11) is 1.58. The van der Waals surface area contributed by atoms with Gasteiger partial charge in [-0.15, -0.1) is 0 Å². The Hall–Kier alpha value is -5.24. The summed E-state index contributed by atoms with van der Waals surface area (Å²) in [5.74, 6) is 0.114. The van der Waals surface area contributed by atoms with Crippen LogP contribution in [0.3, 0.4) is 0 Å². The highest BCUT2D eigenvalue weighted by Gasteiger charge is 2.18. The second-order valence-corrected chi connectivity index (χ2v) is 9.66. The van der Waals surface area contributed by atoms with Crippen molar-refractivity contribution in [2.24, 2.45) is 0 Å². The summed E-state index contributed by atoms with van der Waals surface area (Å²) in [5.41, 5.74) is 6.57. The van der Waals surface area contributed by atoms with Crippen molar-refractivity contribution in [1.82, 2.24) is 14.6 Å². The van der Waals surface area contributed by atoms with E-state index in [2.05, 4.69) is 42.6 Å². The summed E-state index contributed by atoms with van der Waals surface area (Å²) >= 11 is 0. The van der Waals surface area contributed by atoms with Gasteiger partial charge in [-0.3, -0.25) is 9.59 Å². The number of ether oxygens (including phenoxy) is 1. The molecule has 2 amide bonds. The summed E-state index contributed by atoms with van der Waals surface area (Å²) < 4.78 is 7.05. The lowest BCUT2D eigenvalue weighted by Crippen LogP contribution is -2.36. The van der Waals surface area contributed by atoms with Crippen LogP contribution in [0.4, 0.5) is 11.4 Å². The number of benzene rings is 4. The van der Waals surface area contributed by atoms with Crippen molar-refractivity contribution in [3.8, 4) is 17.0 Å². The molecule has 0 aliphatic rings. The second-order valence-electron chi connectivity index (χ2n) is 9.66. The third-order valence-electron chi connectivity index (χ3n) is 6.93. The second kappa shape index (κ2) is 10.1. The number of imidazole rings is 1. The lowest BCUT2D eigenvalue weighted by atomic mass is 10.0.